The molecular formula is C15H26O2. The Morgan fingerprint density at radius 2 is 1.65 bits per heavy atom. The van der Waals surface area contributed by atoms with Crippen molar-refractivity contribution in [1.29, 1.82) is 0 Å². The Morgan fingerprint density at radius 1 is 1.12 bits per heavy atom. The summed E-state index contributed by atoms with van der Waals surface area (Å²) in [6.45, 7) is 4.50. The second-order valence-corrected chi connectivity index (χ2v) is 6.41. The SMILES string of the molecule is CCCC1CC(CCC)CC2(C1)CC2C(=O)O. The molecule has 0 aliphatic heterocycles. The molecule has 0 radical (unpaired) electrons. The van der Waals surface area contributed by atoms with Crippen molar-refractivity contribution in [2.45, 2.75) is 65.2 Å². The van der Waals surface area contributed by atoms with E-state index >= 15 is 0 Å². The van der Waals surface area contributed by atoms with Gasteiger partial charge in [0, 0.05) is 0 Å². The molecule has 2 rings (SSSR count). The minimum absolute atomic E-state index is 0.0125. The van der Waals surface area contributed by atoms with Gasteiger partial charge in [-0.05, 0) is 42.9 Å². The highest BCUT2D eigenvalue weighted by Crippen LogP contribution is 2.64. The van der Waals surface area contributed by atoms with Crippen LogP contribution in [0.15, 0.2) is 0 Å². The van der Waals surface area contributed by atoms with Crippen molar-refractivity contribution in [1.82, 2.24) is 0 Å². The number of carboxylic acid groups (broad SMARTS) is 1. The van der Waals surface area contributed by atoms with E-state index in [9.17, 15) is 9.90 Å². The van der Waals surface area contributed by atoms with Gasteiger partial charge in [0.25, 0.3) is 0 Å². The number of hydrogen-bond acceptors (Lipinski definition) is 1. The van der Waals surface area contributed by atoms with E-state index in [0.717, 1.165) is 18.3 Å². The fourth-order valence-electron chi connectivity index (χ4n) is 4.28. The molecule has 0 aromatic carbocycles. The molecule has 2 aliphatic rings. The molecule has 2 heteroatoms. The number of carboxylic acids is 1. The molecule has 2 saturated carbocycles. The van der Waals surface area contributed by atoms with E-state index in [1.807, 2.05) is 0 Å². The molecule has 2 nitrogen and oxygen atoms in total. The number of aliphatic carboxylic acids is 1. The lowest BCUT2D eigenvalue weighted by Crippen LogP contribution is -2.26. The van der Waals surface area contributed by atoms with Crippen molar-refractivity contribution in [3.63, 3.8) is 0 Å². The minimum Gasteiger partial charge on any atom is -0.481 e. The van der Waals surface area contributed by atoms with Crippen molar-refractivity contribution >= 4 is 5.97 Å². The molecule has 2 fully saturated rings. The summed E-state index contributed by atoms with van der Waals surface area (Å²) >= 11 is 0. The monoisotopic (exact) mass is 238 g/mol. The summed E-state index contributed by atoms with van der Waals surface area (Å²) in [4.78, 5) is 11.2. The summed E-state index contributed by atoms with van der Waals surface area (Å²) < 4.78 is 0. The number of carbonyl (C=O) groups is 1. The lowest BCUT2D eigenvalue weighted by atomic mass is 9.69. The third-order valence-electron chi connectivity index (χ3n) is 4.94. The predicted molar refractivity (Wildman–Crippen MR) is 68.8 cm³/mol. The van der Waals surface area contributed by atoms with E-state index in [0.29, 0.717) is 0 Å². The third kappa shape index (κ3) is 2.66. The molecule has 17 heavy (non-hydrogen) atoms. The Hall–Kier alpha value is -0.530. The zero-order valence-corrected chi connectivity index (χ0v) is 11.2. The highest BCUT2D eigenvalue weighted by molar-refractivity contribution is 5.74. The highest BCUT2D eigenvalue weighted by atomic mass is 16.4. The quantitative estimate of drug-likeness (QED) is 0.783. The van der Waals surface area contributed by atoms with E-state index in [-0.39, 0.29) is 11.3 Å². The molecule has 0 heterocycles. The summed E-state index contributed by atoms with van der Waals surface area (Å²) in [6, 6.07) is 0. The molecule has 1 spiro atoms. The van der Waals surface area contributed by atoms with Gasteiger partial charge in [-0.15, -0.1) is 0 Å². The molecule has 0 saturated heterocycles. The Labute approximate surface area is 105 Å². The average molecular weight is 238 g/mol. The first-order valence-corrected chi connectivity index (χ1v) is 7.34. The van der Waals surface area contributed by atoms with Crippen molar-refractivity contribution in [2.75, 3.05) is 0 Å². The summed E-state index contributed by atoms with van der Waals surface area (Å²) in [5.41, 5.74) is 0.212. The minimum atomic E-state index is -0.544. The van der Waals surface area contributed by atoms with E-state index in [1.54, 1.807) is 0 Å². The van der Waals surface area contributed by atoms with Gasteiger partial charge in [0.2, 0.25) is 0 Å². The van der Waals surface area contributed by atoms with Gasteiger partial charge in [0.1, 0.15) is 0 Å². The van der Waals surface area contributed by atoms with Crippen molar-refractivity contribution in [2.24, 2.45) is 23.2 Å². The Balaban J connectivity index is 2.00. The molecule has 1 N–H and O–H groups in total. The highest BCUT2D eigenvalue weighted by Gasteiger charge is 2.60. The van der Waals surface area contributed by atoms with Crippen LogP contribution < -0.4 is 0 Å². The van der Waals surface area contributed by atoms with Crippen LogP contribution in [-0.2, 0) is 4.79 Å². The average Bonchev–Trinajstić information content (AvgIpc) is 2.92. The maximum Gasteiger partial charge on any atom is 0.307 e. The molecule has 0 bridgehead atoms. The summed E-state index contributed by atoms with van der Waals surface area (Å²) in [7, 11) is 0. The van der Waals surface area contributed by atoms with Crippen molar-refractivity contribution in [3.8, 4) is 0 Å². The van der Waals surface area contributed by atoms with E-state index in [1.165, 1.54) is 44.9 Å². The van der Waals surface area contributed by atoms with Gasteiger partial charge in [-0.25, -0.2) is 0 Å². The first-order chi connectivity index (χ1) is 8.11. The van der Waals surface area contributed by atoms with Crippen LogP contribution in [0.4, 0.5) is 0 Å². The molecule has 2 aliphatic carbocycles. The fourth-order valence-corrected chi connectivity index (χ4v) is 4.28. The summed E-state index contributed by atoms with van der Waals surface area (Å²) in [5.74, 6) is 1.04. The topological polar surface area (TPSA) is 37.3 Å². The normalized spacial score (nSPS) is 40.5. The van der Waals surface area contributed by atoms with Crippen molar-refractivity contribution in [3.05, 3.63) is 0 Å². The maximum atomic E-state index is 11.2. The standard InChI is InChI=1S/C15H26O2/c1-3-5-11-7-12(6-4-2)9-15(8-11)10-13(15)14(16)17/h11-13H,3-10H2,1-2H3,(H,16,17). The van der Waals surface area contributed by atoms with Crippen molar-refractivity contribution < 1.29 is 9.90 Å². The zero-order valence-electron chi connectivity index (χ0n) is 11.2. The van der Waals surface area contributed by atoms with Crippen LogP contribution in [0.25, 0.3) is 0 Å². The Morgan fingerprint density at radius 3 is 2.00 bits per heavy atom. The van der Waals surface area contributed by atoms with Gasteiger partial charge in [0.15, 0.2) is 0 Å². The smallest absolute Gasteiger partial charge is 0.307 e. The summed E-state index contributed by atoms with van der Waals surface area (Å²) in [5, 5.41) is 9.20. The first-order valence-electron chi connectivity index (χ1n) is 7.34. The van der Waals surface area contributed by atoms with Crippen LogP contribution in [-0.4, -0.2) is 11.1 Å². The Bertz CT molecular complexity index is 271. The van der Waals surface area contributed by atoms with E-state index in [2.05, 4.69) is 13.8 Å². The molecule has 0 aromatic heterocycles. The largest absolute Gasteiger partial charge is 0.481 e. The van der Waals surface area contributed by atoms with Crippen LogP contribution in [0.5, 0.6) is 0 Å². The lowest BCUT2D eigenvalue weighted by Gasteiger charge is -2.36. The van der Waals surface area contributed by atoms with Gasteiger partial charge in [-0.1, -0.05) is 39.5 Å². The lowest BCUT2D eigenvalue weighted by molar-refractivity contribution is -0.139. The van der Waals surface area contributed by atoms with Crippen LogP contribution in [0.2, 0.25) is 0 Å². The van der Waals surface area contributed by atoms with Crippen LogP contribution in [0.1, 0.15) is 65.2 Å². The van der Waals surface area contributed by atoms with Crippen LogP contribution in [0, 0.1) is 23.2 Å². The number of hydrogen-bond donors (Lipinski definition) is 1. The third-order valence-corrected chi connectivity index (χ3v) is 4.94. The molecule has 0 aromatic rings. The maximum absolute atomic E-state index is 11.2. The molecule has 3 atom stereocenters. The van der Waals surface area contributed by atoms with Crippen LogP contribution in [0.3, 0.4) is 0 Å². The van der Waals surface area contributed by atoms with Gasteiger partial charge in [-0.2, -0.15) is 0 Å². The molecule has 3 unspecified atom stereocenters. The second kappa shape index (κ2) is 4.99. The fraction of sp³-hybridized carbons (Fsp3) is 0.933. The van der Waals surface area contributed by atoms with Crippen LogP contribution >= 0.6 is 0 Å². The second-order valence-electron chi connectivity index (χ2n) is 6.41. The predicted octanol–water partition coefficient (Wildman–Crippen LogP) is 4.09. The van der Waals surface area contributed by atoms with E-state index in [4.69, 9.17) is 0 Å². The molecule has 98 valence electrons. The molecular weight excluding hydrogens is 212 g/mol. The van der Waals surface area contributed by atoms with Gasteiger partial charge in [0.05, 0.1) is 5.92 Å². The van der Waals surface area contributed by atoms with E-state index < -0.39 is 5.97 Å². The first kappa shape index (κ1) is 12.9. The summed E-state index contributed by atoms with van der Waals surface area (Å²) in [6.07, 6.45) is 9.80. The number of rotatable bonds is 5. The Kier molecular flexibility index (Phi) is 3.79. The van der Waals surface area contributed by atoms with Gasteiger partial charge >= 0.3 is 5.97 Å². The van der Waals surface area contributed by atoms with Gasteiger partial charge in [-0.3, -0.25) is 4.79 Å². The van der Waals surface area contributed by atoms with Gasteiger partial charge < -0.3 is 5.11 Å². The zero-order chi connectivity index (χ0) is 12.5. The molecule has 0 amide bonds.